The van der Waals surface area contributed by atoms with Crippen molar-refractivity contribution in [3.05, 3.63) is 71.5 Å². The summed E-state index contributed by atoms with van der Waals surface area (Å²) in [6.45, 7) is 15.3. The number of aromatic hydroxyl groups is 1. The maximum atomic E-state index is 14.6. The lowest BCUT2D eigenvalue weighted by Crippen LogP contribution is -2.60. The zero-order valence-corrected chi connectivity index (χ0v) is 39.1. The lowest BCUT2D eigenvalue weighted by molar-refractivity contribution is -0.155. The number of ether oxygens (including phenoxy) is 2. The number of hydrogen-bond donors (Lipinski definition) is 3. The Hall–Kier alpha value is -5.31. The average molecular weight is 878 g/mol. The van der Waals surface area contributed by atoms with Gasteiger partial charge in [0.1, 0.15) is 17.8 Å². The molecule has 344 valence electrons. The molecule has 3 amide bonds. The first-order valence-corrected chi connectivity index (χ1v) is 22.8. The molecule has 0 unspecified atom stereocenters. The van der Waals surface area contributed by atoms with Crippen LogP contribution in [0.2, 0.25) is 0 Å². The zero-order valence-electron chi connectivity index (χ0n) is 39.1. The summed E-state index contributed by atoms with van der Waals surface area (Å²) in [4.78, 5) is 64.4. The molecule has 3 aliphatic heterocycles. The van der Waals surface area contributed by atoms with E-state index in [1.165, 1.54) is 5.01 Å². The highest BCUT2D eigenvalue weighted by molar-refractivity contribution is 5.95. The fraction of sp³-hybridized carbons (Fsp3) is 0.540. The number of nitrogens with zero attached hydrogens (tertiary/aromatic N) is 5. The van der Waals surface area contributed by atoms with Gasteiger partial charge in [0.25, 0.3) is 5.91 Å². The molecule has 2 saturated heterocycles. The highest BCUT2D eigenvalue weighted by Gasteiger charge is 2.37. The van der Waals surface area contributed by atoms with Crippen LogP contribution in [-0.4, -0.2) is 119 Å². The van der Waals surface area contributed by atoms with Gasteiger partial charge in [0.2, 0.25) is 11.8 Å². The van der Waals surface area contributed by atoms with Crippen molar-refractivity contribution in [3.63, 3.8) is 0 Å². The van der Waals surface area contributed by atoms with Crippen LogP contribution in [0.4, 0.5) is 0 Å². The van der Waals surface area contributed by atoms with Crippen LogP contribution in [0.3, 0.4) is 0 Å². The second-order valence-corrected chi connectivity index (χ2v) is 19.9. The number of hydrazine groups is 1. The molecule has 4 atom stereocenters. The van der Waals surface area contributed by atoms with Crippen LogP contribution in [-0.2, 0) is 48.0 Å². The first-order chi connectivity index (χ1) is 30.4. The fourth-order valence-electron chi connectivity index (χ4n) is 9.97. The fourth-order valence-corrected chi connectivity index (χ4v) is 9.97. The molecule has 4 aromatic rings. The molecule has 64 heavy (non-hydrogen) atoms. The van der Waals surface area contributed by atoms with Gasteiger partial charge in [-0.25, -0.2) is 5.43 Å². The van der Waals surface area contributed by atoms with E-state index in [1.54, 1.807) is 37.4 Å². The number of phenolic OH excluding ortho intramolecular Hbond substituents is 1. The Kier molecular flexibility index (Phi) is 13.9. The number of carbonyl (C=O) groups is 4. The van der Waals surface area contributed by atoms with Gasteiger partial charge in [-0.05, 0) is 117 Å². The van der Waals surface area contributed by atoms with Crippen molar-refractivity contribution < 1.29 is 33.8 Å². The van der Waals surface area contributed by atoms with E-state index >= 15 is 0 Å². The summed E-state index contributed by atoms with van der Waals surface area (Å²) in [6.07, 6.45) is 4.07. The van der Waals surface area contributed by atoms with Crippen molar-refractivity contribution in [2.75, 3.05) is 54.0 Å². The van der Waals surface area contributed by atoms with Crippen LogP contribution in [0.1, 0.15) is 90.2 Å². The second kappa shape index (κ2) is 19.0. The third kappa shape index (κ3) is 10.3. The van der Waals surface area contributed by atoms with Gasteiger partial charge in [0.15, 0.2) is 0 Å². The van der Waals surface area contributed by atoms with Gasteiger partial charge in [-0.2, -0.15) is 0 Å². The van der Waals surface area contributed by atoms with Gasteiger partial charge in [-0.3, -0.25) is 29.2 Å². The number of pyridine rings is 1. The highest BCUT2D eigenvalue weighted by atomic mass is 16.5. The van der Waals surface area contributed by atoms with Gasteiger partial charge in [0, 0.05) is 81.3 Å². The molecular formula is C50H67N7O7. The molecule has 2 aromatic carbocycles. The third-order valence-corrected chi connectivity index (χ3v) is 13.1. The number of methoxy groups -OCH3 is 1. The number of benzene rings is 2. The molecule has 0 saturated carbocycles. The number of amides is 3. The number of cyclic esters (lactones) is 1. The molecular weight excluding hydrogens is 811 g/mol. The maximum absolute atomic E-state index is 14.6. The molecule has 5 heterocycles. The van der Waals surface area contributed by atoms with E-state index in [4.69, 9.17) is 14.5 Å². The Morgan fingerprint density at radius 2 is 1.89 bits per heavy atom. The Balaban J connectivity index is 1.27. The summed E-state index contributed by atoms with van der Waals surface area (Å²) in [6, 6.07) is 13.8. The molecule has 7 rings (SSSR count). The molecule has 2 fully saturated rings. The predicted octanol–water partition coefficient (Wildman–Crippen LogP) is 6.28. The third-order valence-electron chi connectivity index (χ3n) is 13.1. The van der Waals surface area contributed by atoms with Crippen molar-refractivity contribution in [2.45, 2.75) is 105 Å². The minimum atomic E-state index is -1.04. The highest BCUT2D eigenvalue weighted by Crippen LogP contribution is 2.42. The van der Waals surface area contributed by atoms with E-state index in [-0.39, 0.29) is 49.0 Å². The van der Waals surface area contributed by atoms with Crippen LogP contribution in [0.5, 0.6) is 5.75 Å². The topological polar surface area (TPSA) is 159 Å². The first-order valence-electron chi connectivity index (χ1n) is 22.8. The number of nitrogens with one attached hydrogen (secondary N) is 2. The number of rotatable bonds is 10. The summed E-state index contributed by atoms with van der Waals surface area (Å²) < 4.78 is 14.2. The summed E-state index contributed by atoms with van der Waals surface area (Å²) in [5.41, 5.74) is 9.22. The second-order valence-electron chi connectivity index (χ2n) is 19.9. The standard InChI is InChI=1S/C50H67N7O7/c1-10-56-42-16-15-33-25-38(42)39(45(56)37-13-11-18-51-44(37)31(2)63-9)26-50(5,6)30-64-48(62)40-14-12-19-57(53-40)47(61)41(23-32-21-35(33)24-36(58)22-32)52-43(59)27-49(3,4)29-55(8)46(60)34-17-20-54(7)28-34/h11,13,15-16,18,21-22,24-25,31,34,40-41,53,58H,10,12,14,17,19-20,23,26-30H2,1-9H3,(H,52,59)/t31-,34-,40-,41-/m0/s1. The molecule has 6 bridgehead atoms. The summed E-state index contributed by atoms with van der Waals surface area (Å²) in [7, 11) is 5.48. The number of phenols is 1. The molecule has 0 radical (unpaired) electrons. The smallest absolute Gasteiger partial charge is 0.324 e. The van der Waals surface area contributed by atoms with Crippen LogP contribution in [0.25, 0.3) is 33.3 Å². The van der Waals surface area contributed by atoms with Gasteiger partial charge in [-0.1, -0.05) is 39.8 Å². The van der Waals surface area contributed by atoms with E-state index in [0.717, 1.165) is 64.1 Å². The number of fused-ring (bicyclic) bond motifs is 6. The van der Waals surface area contributed by atoms with Gasteiger partial charge in [0.05, 0.1) is 30.0 Å². The number of hydrogen-bond acceptors (Lipinski definition) is 10. The summed E-state index contributed by atoms with van der Waals surface area (Å²) in [5.74, 6) is -1.15. The van der Waals surface area contributed by atoms with Gasteiger partial charge in [-0.15, -0.1) is 0 Å². The Labute approximate surface area is 377 Å². The Bertz CT molecular complexity index is 2390. The van der Waals surface area contributed by atoms with Crippen LogP contribution < -0.4 is 10.7 Å². The van der Waals surface area contributed by atoms with Crippen molar-refractivity contribution in [3.8, 4) is 28.1 Å². The van der Waals surface area contributed by atoms with Crippen molar-refractivity contribution >= 4 is 34.6 Å². The van der Waals surface area contributed by atoms with Crippen LogP contribution >= 0.6 is 0 Å². The van der Waals surface area contributed by atoms with Gasteiger partial charge < -0.3 is 34.3 Å². The molecule has 3 aliphatic rings. The molecule has 3 N–H and O–H groups in total. The first kappa shape index (κ1) is 46.7. The normalized spacial score (nSPS) is 21.3. The lowest BCUT2D eigenvalue weighted by Gasteiger charge is -2.36. The Morgan fingerprint density at radius 1 is 1.11 bits per heavy atom. The maximum Gasteiger partial charge on any atom is 0.324 e. The minimum absolute atomic E-state index is 0.0301. The monoisotopic (exact) mass is 878 g/mol. The SMILES string of the molecule is CCn1c(-c2cccnc2[C@H](C)OC)c2c3cc(ccc31)-c1cc(O)cc(c1)C[C@H](NC(=O)CC(C)(C)CN(C)C(=O)[C@H]1CCN(C)C1)C(=O)N1CCC[C@H](N1)C(=O)OCC(C)(C)C2. The van der Waals surface area contributed by atoms with E-state index in [2.05, 4.69) is 59.2 Å². The number of esters is 1. The summed E-state index contributed by atoms with van der Waals surface area (Å²) >= 11 is 0. The number of aryl methyl sites for hydroxylation is 1. The van der Waals surface area contributed by atoms with E-state index in [0.29, 0.717) is 44.5 Å². The molecule has 14 nitrogen and oxygen atoms in total. The van der Waals surface area contributed by atoms with E-state index < -0.39 is 34.8 Å². The van der Waals surface area contributed by atoms with Crippen molar-refractivity contribution in [2.24, 2.45) is 16.7 Å². The average Bonchev–Trinajstić information content (AvgIpc) is 3.83. The van der Waals surface area contributed by atoms with E-state index in [9.17, 15) is 24.3 Å². The quantitative estimate of drug-likeness (QED) is 0.155. The lowest BCUT2D eigenvalue weighted by atomic mass is 9.84. The number of carbonyl (C=O) groups excluding carboxylic acids is 4. The summed E-state index contributed by atoms with van der Waals surface area (Å²) in [5, 5.41) is 16.8. The van der Waals surface area contributed by atoms with Crippen molar-refractivity contribution in [1.82, 2.24) is 35.1 Å². The number of likely N-dealkylation sites (tertiary alicyclic amines) is 1. The largest absolute Gasteiger partial charge is 0.508 e. The zero-order chi connectivity index (χ0) is 46.1. The predicted molar refractivity (Wildman–Crippen MR) is 247 cm³/mol. The number of aromatic nitrogens is 2. The molecule has 0 aliphatic carbocycles. The van der Waals surface area contributed by atoms with Crippen LogP contribution in [0, 0.1) is 16.7 Å². The molecule has 2 aromatic heterocycles. The Morgan fingerprint density at radius 3 is 2.61 bits per heavy atom. The molecule has 0 spiro atoms. The van der Waals surface area contributed by atoms with Crippen molar-refractivity contribution in [1.29, 1.82) is 0 Å². The molecule has 14 heteroatoms. The van der Waals surface area contributed by atoms with E-state index in [1.807, 2.05) is 46.0 Å². The van der Waals surface area contributed by atoms with Crippen LogP contribution in [0.15, 0.2) is 54.7 Å². The van der Waals surface area contributed by atoms with Gasteiger partial charge >= 0.3 is 5.97 Å². The minimum Gasteiger partial charge on any atom is -0.508 e.